The first-order chi connectivity index (χ1) is 27.3. The van der Waals surface area contributed by atoms with Crippen LogP contribution in [0.4, 0.5) is 0 Å². The van der Waals surface area contributed by atoms with Gasteiger partial charge in [-0.2, -0.15) is 0 Å². The zero-order chi connectivity index (χ0) is 41.1. The monoisotopic (exact) mass is 798 g/mol. The van der Waals surface area contributed by atoms with Crippen molar-refractivity contribution >= 4 is 5.91 Å². The fourth-order valence-electron chi connectivity index (χ4n) is 7.27. The Bertz CT molecular complexity index is 948. The van der Waals surface area contributed by atoms with E-state index in [1.165, 1.54) is 122 Å². The van der Waals surface area contributed by atoms with E-state index in [9.17, 15) is 35.4 Å². The van der Waals surface area contributed by atoms with Gasteiger partial charge in [-0.3, -0.25) is 4.79 Å². The Morgan fingerprint density at radius 1 is 0.607 bits per heavy atom. The molecule has 0 aromatic carbocycles. The van der Waals surface area contributed by atoms with Crippen molar-refractivity contribution in [2.45, 2.75) is 249 Å². The summed E-state index contributed by atoms with van der Waals surface area (Å²) in [5, 5.41) is 64.6. The standard InChI is InChI=1S/C46H87NO9/c1-3-5-7-9-11-13-15-17-18-19-20-21-23-25-27-29-31-33-35-40(50)45(54)47-38(37-55-46-44(53)43(52)42(51)41(36-48)56-46)39(49)34-32-30-28-26-24-22-16-14-12-10-8-6-4-2/h16,22,32,34,38-44,46,48-53H,3-15,17-21,23-31,33,35-37H2,1-2H3,(H,47,54). The van der Waals surface area contributed by atoms with Crippen molar-refractivity contribution in [2.24, 2.45) is 0 Å². The molecule has 0 aliphatic carbocycles. The highest BCUT2D eigenvalue weighted by atomic mass is 16.7. The highest BCUT2D eigenvalue weighted by Gasteiger charge is 2.44. The summed E-state index contributed by atoms with van der Waals surface area (Å²) in [6.45, 7) is 3.58. The number of aliphatic hydroxyl groups is 6. The van der Waals surface area contributed by atoms with Crippen molar-refractivity contribution in [3.8, 4) is 0 Å². The van der Waals surface area contributed by atoms with Gasteiger partial charge in [0.2, 0.25) is 5.91 Å². The van der Waals surface area contributed by atoms with Crippen molar-refractivity contribution in [1.29, 1.82) is 0 Å². The maximum Gasteiger partial charge on any atom is 0.249 e. The van der Waals surface area contributed by atoms with Crippen LogP contribution in [-0.2, 0) is 14.3 Å². The van der Waals surface area contributed by atoms with Gasteiger partial charge in [0, 0.05) is 0 Å². The number of carbonyl (C=O) groups excluding carboxylic acids is 1. The second kappa shape index (κ2) is 36.7. The number of ether oxygens (including phenoxy) is 2. The van der Waals surface area contributed by atoms with Gasteiger partial charge in [0.05, 0.1) is 25.4 Å². The molecule has 1 fully saturated rings. The molecule has 56 heavy (non-hydrogen) atoms. The Morgan fingerprint density at radius 2 is 1.04 bits per heavy atom. The molecule has 1 saturated heterocycles. The molecule has 1 amide bonds. The molecule has 0 radical (unpaired) electrons. The average Bonchev–Trinajstić information content (AvgIpc) is 3.20. The number of aliphatic hydroxyl groups excluding tert-OH is 6. The second-order valence-corrected chi connectivity index (χ2v) is 16.3. The lowest BCUT2D eigenvalue weighted by molar-refractivity contribution is -0.302. The van der Waals surface area contributed by atoms with Gasteiger partial charge in [0.15, 0.2) is 6.29 Å². The minimum absolute atomic E-state index is 0.310. The van der Waals surface area contributed by atoms with Crippen LogP contribution in [0.15, 0.2) is 24.3 Å². The summed E-state index contributed by atoms with van der Waals surface area (Å²) >= 11 is 0. The molecule has 330 valence electrons. The van der Waals surface area contributed by atoms with Crippen LogP contribution in [0.1, 0.15) is 200 Å². The fraction of sp³-hybridized carbons (Fsp3) is 0.891. The number of hydrogen-bond donors (Lipinski definition) is 7. The average molecular weight is 798 g/mol. The third-order valence-corrected chi connectivity index (χ3v) is 11.1. The van der Waals surface area contributed by atoms with Crippen molar-refractivity contribution in [3.63, 3.8) is 0 Å². The number of carbonyl (C=O) groups is 1. The summed E-state index contributed by atoms with van der Waals surface area (Å²) in [5.74, 6) is -0.621. The van der Waals surface area contributed by atoms with Gasteiger partial charge < -0.3 is 45.4 Å². The highest BCUT2D eigenvalue weighted by molar-refractivity contribution is 5.80. The Morgan fingerprint density at radius 3 is 1.52 bits per heavy atom. The normalized spacial score (nSPS) is 21.9. The van der Waals surface area contributed by atoms with E-state index in [1.807, 2.05) is 6.08 Å². The molecule has 0 aromatic heterocycles. The van der Waals surface area contributed by atoms with E-state index in [2.05, 4.69) is 31.3 Å². The third kappa shape index (κ3) is 26.6. The second-order valence-electron chi connectivity index (χ2n) is 16.3. The van der Waals surface area contributed by atoms with Crippen molar-refractivity contribution in [1.82, 2.24) is 5.32 Å². The predicted octanol–water partition coefficient (Wildman–Crippen LogP) is 8.47. The van der Waals surface area contributed by atoms with E-state index in [4.69, 9.17) is 9.47 Å². The smallest absolute Gasteiger partial charge is 0.249 e. The number of allylic oxidation sites excluding steroid dienone is 3. The molecule has 1 aliphatic heterocycles. The number of hydrogen-bond acceptors (Lipinski definition) is 9. The molecule has 1 aliphatic rings. The Balaban J connectivity index is 2.40. The lowest BCUT2D eigenvalue weighted by Crippen LogP contribution is -2.60. The molecule has 0 saturated carbocycles. The predicted molar refractivity (Wildman–Crippen MR) is 227 cm³/mol. The SMILES string of the molecule is CCCCCCCC=CCCCCC=CC(O)C(COC1OC(CO)C(O)C(O)C1O)NC(=O)C(O)CCCCCCCCCCCCCCCCCCCC. The van der Waals surface area contributed by atoms with Crippen LogP contribution in [0, 0.1) is 0 Å². The molecule has 10 heteroatoms. The third-order valence-electron chi connectivity index (χ3n) is 11.1. The molecular weight excluding hydrogens is 711 g/mol. The van der Waals surface area contributed by atoms with Crippen LogP contribution in [0.5, 0.6) is 0 Å². The molecule has 0 bridgehead atoms. The van der Waals surface area contributed by atoms with Gasteiger partial charge in [-0.15, -0.1) is 0 Å². The molecule has 1 rings (SSSR count). The highest BCUT2D eigenvalue weighted by Crippen LogP contribution is 2.23. The van der Waals surface area contributed by atoms with Crippen molar-refractivity contribution in [2.75, 3.05) is 13.2 Å². The number of amides is 1. The summed E-state index contributed by atoms with van der Waals surface area (Å²) in [4.78, 5) is 13.0. The topological polar surface area (TPSA) is 169 Å². The molecule has 8 atom stereocenters. The summed E-state index contributed by atoms with van der Waals surface area (Å²) in [6, 6.07) is -0.985. The van der Waals surface area contributed by atoms with Gasteiger partial charge in [0.1, 0.15) is 30.5 Å². The van der Waals surface area contributed by atoms with Gasteiger partial charge in [-0.05, 0) is 44.9 Å². The number of rotatable bonds is 38. The number of nitrogens with one attached hydrogen (secondary N) is 1. The molecule has 0 spiro atoms. The molecule has 7 N–H and O–H groups in total. The lowest BCUT2D eigenvalue weighted by Gasteiger charge is -2.40. The maximum absolute atomic E-state index is 13.0. The quantitative estimate of drug-likeness (QED) is 0.0239. The van der Waals surface area contributed by atoms with E-state index >= 15 is 0 Å². The number of unbranched alkanes of at least 4 members (excludes halogenated alkanes) is 25. The molecule has 0 aromatic rings. The first kappa shape index (κ1) is 52.6. The summed E-state index contributed by atoms with van der Waals surface area (Å²) in [5.41, 5.74) is 0. The van der Waals surface area contributed by atoms with Crippen molar-refractivity contribution < 1.29 is 44.9 Å². The maximum atomic E-state index is 13.0. The Hall–Kier alpha value is -1.37. The Labute approximate surface area is 341 Å². The van der Waals surface area contributed by atoms with E-state index < -0.39 is 61.5 Å². The fourth-order valence-corrected chi connectivity index (χ4v) is 7.27. The summed E-state index contributed by atoms with van der Waals surface area (Å²) < 4.78 is 11.1. The Kier molecular flexibility index (Phi) is 34.5. The minimum Gasteiger partial charge on any atom is -0.394 e. The van der Waals surface area contributed by atoms with Gasteiger partial charge in [0.25, 0.3) is 0 Å². The van der Waals surface area contributed by atoms with Crippen LogP contribution in [0.2, 0.25) is 0 Å². The van der Waals surface area contributed by atoms with E-state index in [0.717, 1.165) is 57.8 Å². The summed E-state index contributed by atoms with van der Waals surface area (Å²) in [7, 11) is 0. The minimum atomic E-state index is -1.61. The first-order valence-electron chi connectivity index (χ1n) is 23.2. The van der Waals surface area contributed by atoms with Gasteiger partial charge in [-0.25, -0.2) is 0 Å². The molecule has 8 unspecified atom stereocenters. The van der Waals surface area contributed by atoms with E-state index in [1.54, 1.807) is 6.08 Å². The van der Waals surface area contributed by atoms with E-state index in [-0.39, 0.29) is 6.61 Å². The van der Waals surface area contributed by atoms with Gasteiger partial charge >= 0.3 is 0 Å². The largest absolute Gasteiger partial charge is 0.394 e. The summed E-state index contributed by atoms with van der Waals surface area (Å²) in [6.07, 6.45) is 32.6. The van der Waals surface area contributed by atoms with Crippen molar-refractivity contribution in [3.05, 3.63) is 24.3 Å². The van der Waals surface area contributed by atoms with Crippen LogP contribution in [0.3, 0.4) is 0 Å². The van der Waals surface area contributed by atoms with Crippen LogP contribution in [0.25, 0.3) is 0 Å². The van der Waals surface area contributed by atoms with Gasteiger partial charge in [-0.1, -0.05) is 179 Å². The zero-order valence-electron chi connectivity index (χ0n) is 35.8. The van der Waals surface area contributed by atoms with Crippen LogP contribution in [-0.4, -0.2) is 98.7 Å². The van der Waals surface area contributed by atoms with Crippen LogP contribution < -0.4 is 5.32 Å². The van der Waals surface area contributed by atoms with E-state index in [0.29, 0.717) is 6.42 Å². The zero-order valence-corrected chi connectivity index (χ0v) is 35.8. The molecule has 1 heterocycles. The molecular formula is C46H87NO9. The lowest BCUT2D eigenvalue weighted by atomic mass is 9.99. The molecule has 10 nitrogen and oxygen atoms in total. The first-order valence-corrected chi connectivity index (χ1v) is 23.2. The van der Waals surface area contributed by atoms with Crippen LogP contribution >= 0.6 is 0 Å².